The summed E-state index contributed by atoms with van der Waals surface area (Å²) in [5.41, 5.74) is 3.48. The van der Waals surface area contributed by atoms with Gasteiger partial charge in [0.15, 0.2) is 0 Å². The molecular formula is C15H13BrF2. The van der Waals surface area contributed by atoms with Gasteiger partial charge in [0, 0.05) is 5.56 Å². The highest BCUT2D eigenvalue weighted by atomic mass is 79.9. The van der Waals surface area contributed by atoms with E-state index in [-0.39, 0.29) is 4.83 Å². The summed E-state index contributed by atoms with van der Waals surface area (Å²) in [4.78, 5) is -0.339. The van der Waals surface area contributed by atoms with Crippen LogP contribution in [0.3, 0.4) is 0 Å². The average Bonchev–Trinajstić information content (AvgIpc) is 2.31. The lowest BCUT2D eigenvalue weighted by Gasteiger charge is -2.15. The molecule has 0 N–H and O–H groups in total. The van der Waals surface area contributed by atoms with Crippen LogP contribution in [0.15, 0.2) is 36.4 Å². The monoisotopic (exact) mass is 310 g/mol. The van der Waals surface area contributed by atoms with Gasteiger partial charge in [0.25, 0.3) is 0 Å². The van der Waals surface area contributed by atoms with E-state index in [9.17, 15) is 8.78 Å². The van der Waals surface area contributed by atoms with E-state index in [2.05, 4.69) is 15.9 Å². The Morgan fingerprint density at radius 1 is 0.944 bits per heavy atom. The molecule has 3 heteroatoms. The zero-order chi connectivity index (χ0) is 13.3. The Balaban J connectivity index is 2.47. The largest absolute Gasteiger partial charge is 0.207 e. The van der Waals surface area contributed by atoms with Crippen molar-refractivity contribution in [3.63, 3.8) is 0 Å². The molecule has 0 heterocycles. The van der Waals surface area contributed by atoms with E-state index in [0.29, 0.717) is 5.56 Å². The number of aryl methyl sites for hydroxylation is 2. The van der Waals surface area contributed by atoms with Crippen molar-refractivity contribution in [2.45, 2.75) is 18.7 Å². The van der Waals surface area contributed by atoms with Gasteiger partial charge >= 0.3 is 0 Å². The van der Waals surface area contributed by atoms with Crippen molar-refractivity contribution >= 4 is 15.9 Å². The van der Waals surface area contributed by atoms with Crippen molar-refractivity contribution in [2.75, 3.05) is 0 Å². The van der Waals surface area contributed by atoms with Gasteiger partial charge in [0.1, 0.15) is 11.6 Å². The Labute approximate surface area is 114 Å². The van der Waals surface area contributed by atoms with E-state index in [1.54, 1.807) is 0 Å². The first-order valence-electron chi connectivity index (χ1n) is 5.65. The highest BCUT2D eigenvalue weighted by Gasteiger charge is 2.17. The smallest absolute Gasteiger partial charge is 0.128 e. The van der Waals surface area contributed by atoms with Crippen LogP contribution in [0.25, 0.3) is 0 Å². The van der Waals surface area contributed by atoms with E-state index in [1.807, 2.05) is 32.0 Å². The number of halogens is 3. The van der Waals surface area contributed by atoms with Crippen LogP contribution < -0.4 is 0 Å². The Bertz CT molecular complexity index is 579. The summed E-state index contributed by atoms with van der Waals surface area (Å²) < 4.78 is 26.9. The third kappa shape index (κ3) is 2.61. The maximum absolute atomic E-state index is 13.7. The highest BCUT2D eigenvalue weighted by Crippen LogP contribution is 2.34. The van der Waals surface area contributed by atoms with Gasteiger partial charge in [0.05, 0.1) is 4.83 Å². The molecule has 2 rings (SSSR count). The van der Waals surface area contributed by atoms with Crippen molar-refractivity contribution in [1.82, 2.24) is 0 Å². The van der Waals surface area contributed by atoms with Crippen molar-refractivity contribution in [3.05, 3.63) is 70.3 Å². The van der Waals surface area contributed by atoms with Crippen LogP contribution in [0.1, 0.15) is 27.1 Å². The number of benzene rings is 2. The third-order valence-corrected chi connectivity index (χ3v) is 3.92. The van der Waals surface area contributed by atoms with E-state index < -0.39 is 11.6 Å². The maximum Gasteiger partial charge on any atom is 0.128 e. The van der Waals surface area contributed by atoms with Crippen molar-refractivity contribution < 1.29 is 8.78 Å². The SMILES string of the molecule is Cc1ccc(C(Br)c2cc(F)ccc2F)c(C)c1. The van der Waals surface area contributed by atoms with Gasteiger partial charge in [-0.2, -0.15) is 0 Å². The number of rotatable bonds is 2. The van der Waals surface area contributed by atoms with Crippen LogP contribution in [-0.4, -0.2) is 0 Å². The number of hydrogen-bond acceptors (Lipinski definition) is 0. The molecule has 18 heavy (non-hydrogen) atoms. The van der Waals surface area contributed by atoms with Gasteiger partial charge < -0.3 is 0 Å². The molecule has 0 amide bonds. The van der Waals surface area contributed by atoms with Crippen LogP contribution in [0.4, 0.5) is 8.78 Å². The van der Waals surface area contributed by atoms with Gasteiger partial charge in [-0.15, -0.1) is 0 Å². The van der Waals surface area contributed by atoms with Crippen LogP contribution in [0.2, 0.25) is 0 Å². The third-order valence-electron chi connectivity index (χ3n) is 2.93. The molecule has 2 aromatic carbocycles. The zero-order valence-electron chi connectivity index (χ0n) is 10.2. The normalized spacial score (nSPS) is 12.5. The first-order chi connectivity index (χ1) is 8.49. The maximum atomic E-state index is 13.7. The minimum atomic E-state index is -0.430. The first kappa shape index (κ1) is 13.2. The molecule has 0 aliphatic rings. The molecule has 94 valence electrons. The van der Waals surface area contributed by atoms with Crippen molar-refractivity contribution in [3.8, 4) is 0 Å². The van der Waals surface area contributed by atoms with E-state index >= 15 is 0 Å². The summed E-state index contributed by atoms with van der Waals surface area (Å²) in [7, 11) is 0. The molecular weight excluding hydrogens is 298 g/mol. The molecule has 0 bridgehead atoms. The zero-order valence-corrected chi connectivity index (χ0v) is 11.8. The fourth-order valence-electron chi connectivity index (χ4n) is 1.99. The molecule has 1 unspecified atom stereocenters. The van der Waals surface area contributed by atoms with Gasteiger partial charge in [-0.05, 0) is 43.2 Å². The molecule has 0 saturated heterocycles. The Morgan fingerprint density at radius 3 is 2.33 bits per heavy atom. The van der Waals surface area contributed by atoms with Gasteiger partial charge in [-0.1, -0.05) is 39.7 Å². The Kier molecular flexibility index (Phi) is 3.81. The molecule has 2 aromatic rings. The molecule has 0 fully saturated rings. The minimum absolute atomic E-state index is 0.321. The Hall–Kier alpha value is -1.22. The predicted octanol–water partition coefficient (Wildman–Crippen LogP) is 5.07. The second-order valence-corrected chi connectivity index (χ2v) is 5.30. The van der Waals surface area contributed by atoms with Crippen LogP contribution in [-0.2, 0) is 0 Å². The molecule has 0 saturated carbocycles. The lowest BCUT2D eigenvalue weighted by atomic mass is 9.98. The van der Waals surface area contributed by atoms with Gasteiger partial charge in [-0.25, -0.2) is 8.78 Å². The molecule has 0 nitrogen and oxygen atoms in total. The van der Waals surface area contributed by atoms with Crippen LogP contribution in [0.5, 0.6) is 0 Å². The van der Waals surface area contributed by atoms with E-state index in [0.717, 1.165) is 28.8 Å². The fourth-order valence-corrected chi connectivity index (χ4v) is 2.85. The second-order valence-electron chi connectivity index (χ2n) is 4.39. The minimum Gasteiger partial charge on any atom is -0.207 e. The number of hydrogen-bond donors (Lipinski definition) is 0. The van der Waals surface area contributed by atoms with Gasteiger partial charge in [0.2, 0.25) is 0 Å². The van der Waals surface area contributed by atoms with E-state index in [1.165, 1.54) is 6.07 Å². The predicted molar refractivity (Wildman–Crippen MR) is 73.0 cm³/mol. The molecule has 0 aliphatic heterocycles. The molecule has 0 radical (unpaired) electrons. The summed E-state index contributed by atoms with van der Waals surface area (Å²) in [5, 5.41) is 0. The first-order valence-corrected chi connectivity index (χ1v) is 6.57. The quantitative estimate of drug-likeness (QED) is 0.680. The molecule has 0 spiro atoms. The summed E-state index contributed by atoms with van der Waals surface area (Å²) in [6, 6.07) is 9.44. The van der Waals surface area contributed by atoms with E-state index in [4.69, 9.17) is 0 Å². The Morgan fingerprint density at radius 2 is 1.67 bits per heavy atom. The van der Waals surface area contributed by atoms with Gasteiger partial charge in [-0.3, -0.25) is 0 Å². The highest BCUT2D eigenvalue weighted by molar-refractivity contribution is 9.09. The molecule has 1 atom stereocenters. The van der Waals surface area contributed by atoms with Crippen LogP contribution >= 0.6 is 15.9 Å². The topological polar surface area (TPSA) is 0 Å². The summed E-state index contributed by atoms with van der Waals surface area (Å²) >= 11 is 3.45. The summed E-state index contributed by atoms with van der Waals surface area (Å²) in [6.07, 6.45) is 0. The summed E-state index contributed by atoms with van der Waals surface area (Å²) in [5.74, 6) is -0.834. The molecule has 0 aromatic heterocycles. The van der Waals surface area contributed by atoms with Crippen molar-refractivity contribution in [1.29, 1.82) is 0 Å². The molecule has 0 aliphatic carbocycles. The fraction of sp³-hybridized carbons (Fsp3) is 0.200. The lowest BCUT2D eigenvalue weighted by molar-refractivity contribution is 0.588. The summed E-state index contributed by atoms with van der Waals surface area (Å²) in [6.45, 7) is 3.97. The van der Waals surface area contributed by atoms with Crippen molar-refractivity contribution in [2.24, 2.45) is 0 Å². The lowest BCUT2D eigenvalue weighted by Crippen LogP contribution is -2.00. The second kappa shape index (κ2) is 5.19. The van der Waals surface area contributed by atoms with Crippen LogP contribution in [0, 0.1) is 25.5 Å². The average molecular weight is 311 g/mol. The standard InChI is InChI=1S/C15H13BrF2/c1-9-3-5-12(10(2)7-9)15(16)13-8-11(17)4-6-14(13)18/h3-8,15H,1-2H3. The number of alkyl halides is 1.